The standard InChI is InChI=1S/C25H40O3/c1-2-16-23-24(28-23)19-14-9-7-5-3-4-6-8-10-15-20-25(26)27-21-22-17-12-11-13-18-22/h11-13,17-18,23-24H,2-10,14-16,19-21H2,1H3. The Morgan fingerprint density at radius 1 is 0.821 bits per heavy atom. The quantitative estimate of drug-likeness (QED) is 0.164. The third-order valence-electron chi connectivity index (χ3n) is 5.62. The van der Waals surface area contributed by atoms with Crippen LogP contribution in [0.3, 0.4) is 0 Å². The van der Waals surface area contributed by atoms with E-state index in [4.69, 9.17) is 9.47 Å². The van der Waals surface area contributed by atoms with Crippen molar-refractivity contribution in [3.63, 3.8) is 0 Å². The predicted octanol–water partition coefficient (Wildman–Crippen LogP) is 6.98. The van der Waals surface area contributed by atoms with Gasteiger partial charge in [-0.3, -0.25) is 4.79 Å². The molecule has 1 aliphatic rings. The van der Waals surface area contributed by atoms with E-state index in [0.717, 1.165) is 18.4 Å². The lowest BCUT2D eigenvalue weighted by atomic mass is 10.0. The van der Waals surface area contributed by atoms with Gasteiger partial charge in [0.1, 0.15) is 6.61 Å². The van der Waals surface area contributed by atoms with Gasteiger partial charge in [0.05, 0.1) is 12.2 Å². The normalized spacial score (nSPS) is 18.2. The summed E-state index contributed by atoms with van der Waals surface area (Å²) in [6, 6.07) is 9.87. The molecule has 0 N–H and O–H groups in total. The average molecular weight is 389 g/mol. The van der Waals surface area contributed by atoms with Crippen molar-refractivity contribution in [1.29, 1.82) is 0 Å². The molecule has 1 aromatic rings. The number of carbonyl (C=O) groups is 1. The van der Waals surface area contributed by atoms with Crippen molar-refractivity contribution in [3.8, 4) is 0 Å². The lowest BCUT2D eigenvalue weighted by Crippen LogP contribution is -2.04. The maximum Gasteiger partial charge on any atom is 0.306 e. The van der Waals surface area contributed by atoms with Gasteiger partial charge in [0.15, 0.2) is 0 Å². The monoisotopic (exact) mass is 388 g/mol. The number of hydrogen-bond acceptors (Lipinski definition) is 3. The van der Waals surface area contributed by atoms with Gasteiger partial charge in [0, 0.05) is 6.42 Å². The van der Waals surface area contributed by atoms with Crippen molar-refractivity contribution >= 4 is 5.97 Å². The fraction of sp³-hybridized carbons (Fsp3) is 0.720. The van der Waals surface area contributed by atoms with Crippen molar-refractivity contribution in [3.05, 3.63) is 35.9 Å². The van der Waals surface area contributed by atoms with E-state index in [1.54, 1.807) is 0 Å². The third kappa shape index (κ3) is 10.8. The SMILES string of the molecule is CCCC1OC1CCCCCCCCCCCCC(=O)OCc1ccccc1. The number of hydrogen-bond donors (Lipinski definition) is 0. The number of benzene rings is 1. The van der Waals surface area contributed by atoms with Crippen LogP contribution < -0.4 is 0 Å². The molecule has 0 radical (unpaired) electrons. The molecule has 158 valence electrons. The molecule has 1 heterocycles. The first kappa shape index (κ1) is 22.9. The zero-order chi connectivity index (χ0) is 19.9. The van der Waals surface area contributed by atoms with Gasteiger partial charge >= 0.3 is 5.97 Å². The predicted molar refractivity (Wildman–Crippen MR) is 115 cm³/mol. The molecule has 2 unspecified atom stereocenters. The molecule has 1 fully saturated rings. The summed E-state index contributed by atoms with van der Waals surface area (Å²) < 4.78 is 11.0. The molecule has 2 rings (SSSR count). The molecular weight excluding hydrogens is 348 g/mol. The molecule has 0 aromatic heterocycles. The van der Waals surface area contributed by atoms with Crippen LogP contribution in [0.25, 0.3) is 0 Å². The van der Waals surface area contributed by atoms with Gasteiger partial charge in [-0.1, -0.05) is 101 Å². The zero-order valence-corrected chi connectivity index (χ0v) is 17.9. The van der Waals surface area contributed by atoms with Crippen molar-refractivity contribution < 1.29 is 14.3 Å². The van der Waals surface area contributed by atoms with E-state index in [0.29, 0.717) is 25.2 Å². The fourth-order valence-corrected chi connectivity index (χ4v) is 3.81. The molecule has 1 aromatic carbocycles. The number of epoxide rings is 1. The van der Waals surface area contributed by atoms with E-state index in [1.165, 1.54) is 70.6 Å². The van der Waals surface area contributed by atoms with E-state index < -0.39 is 0 Å². The highest BCUT2D eigenvalue weighted by molar-refractivity contribution is 5.69. The van der Waals surface area contributed by atoms with E-state index in [1.807, 2.05) is 30.3 Å². The van der Waals surface area contributed by atoms with Crippen LogP contribution in [0.1, 0.15) is 102 Å². The largest absolute Gasteiger partial charge is 0.461 e. The Kier molecular flexibility index (Phi) is 12.0. The second kappa shape index (κ2) is 14.6. The minimum atomic E-state index is -0.0681. The van der Waals surface area contributed by atoms with Gasteiger partial charge in [-0.25, -0.2) is 0 Å². The minimum Gasteiger partial charge on any atom is -0.461 e. The van der Waals surface area contributed by atoms with Crippen molar-refractivity contribution in [1.82, 2.24) is 0 Å². The second-order valence-corrected chi connectivity index (χ2v) is 8.22. The molecule has 0 aliphatic carbocycles. The second-order valence-electron chi connectivity index (χ2n) is 8.22. The molecular formula is C25H40O3. The van der Waals surface area contributed by atoms with Gasteiger partial charge < -0.3 is 9.47 Å². The summed E-state index contributed by atoms with van der Waals surface area (Å²) in [7, 11) is 0. The summed E-state index contributed by atoms with van der Waals surface area (Å²) >= 11 is 0. The van der Waals surface area contributed by atoms with Crippen molar-refractivity contribution in [2.45, 2.75) is 116 Å². The Bertz CT molecular complexity index is 514. The first-order valence-corrected chi connectivity index (χ1v) is 11.6. The molecule has 0 bridgehead atoms. The van der Waals surface area contributed by atoms with Crippen LogP contribution in [0, 0.1) is 0 Å². The van der Waals surface area contributed by atoms with Gasteiger partial charge in [-0.05, 0) is 24.8 Å². The summed E-state index contributed by atoms with van der Waals surface area (Å²) in [6.07, 6.45) is 18.3. The number of unbranched alkanes of at least 4 members (excludes halogenated alkanes) is 9. The summed E-state index contributed by atoms with van der Waals surface area (Å²) in [5, 5.41) is 0. The highest BCUT2D eigenvalue weighted by Crippen LogP contribution is 2.30. The lowest BCUT2D eigenvalue weighted by Gasteiger charge is -2.05. The highest BCUT2D eigenvalue weighted by atomic mass is 16.6. The Hall–Kier alpha value is -1.35. The Labute approximate surface area is 172 Å². The topological polar surface area (TPSA) is 38.8 Å². The lowest BCUT2D eigenvalue weighted by molar-refractivity contribution is -0.145. The number of esters is 1. The van der Waals surface area contributed by atoms with Crippen LogP contribution in [0.5, 0.6) is 0 Å². The molecule has 1 saturated heterocycles. The van der Waals surface area contributed by atoms with E-state index in [2.05, 4.69) is 6.92 Å². The van der Waals surface area contributed by atoms with Gasteiger partial charge in [-0.2, -0.15) is 0 Å². The molecule has 0 amide bonds. The molecule has 3 heteroatoms. The molecule has 0 spiro atoms. The number of carbonyl (C=O) groups excluding carboxylic acids is 1. The molecule has 0 saturated carbocycles. The first-order valence-electron chi connectivity index (χ1n) is 11.6. The van der Waals surface area contributed by atoms with Crippen molar-refractivity contribution in [2.75, 3.05) is 0 Å². The molecule has 1 aliphatic heterocycles. The van der Waals surface area contributed by atoms with Gasteiger partial charge in [-0.15, -0.1) is 0 Å². The number of rotatable bonds is 17. The van der Waals surface area contributed by atoms with Gasteiger partial charge in [0.2, 0.25) is 0 Å². The van der Waals surface area contributed by atoms with Gasteiger partial charge in [0.25, 0.3) is 0 Å². The Morgan fingerprint density at radius 2 is 1.39 bits per heavy atom. The van der Waals surface area contributed by atoms with Crippen LogP contribution in [-0.4, -0.2) is 18.2 Å². The highest BCUT2D eigenvalue weighted by Gasteiger charge is 2.36. The van der Waals surface area contributed by atoms with Crippen LogP contribution in [0.15, 0.2) is 30.3 Å². The Balaban J connectivity index is 1.28. The average Bonchev–Trinajstić information content (AvgIpc) is 3.46. The molecule has 2 atom stereocenters. The maximum atomic E-state index is 11.7. The first-order chi connectivity index (χ1) is 13.8. The zero-order valence-electron chi connectivity index (χ0n) is 17.9. The van der Waals surface area contributed by atoms with Crippen LogP contribution in [0.4, 0.5) is 0 Å². The maximum absolute atomic E-state index is 11.7. The smallest absolute Gasteiger partial charge is 0.306 e. The van der Waals surface area contributed by atoms with E-state index in [-0.39, 0.29) is 5.97 Å². The van der Waals surface area contributed by atoms with Crippen LogP contribution in [-0.2, 0) is 20.9 Å². The summed E-state index contributed by atoms with van der Waals surface area (Å²) in [6.45, 7) is 2.63. The fourth-order valence-electron chi connectivity index (χ4n) is 3.81. The summed E-state index contributed by atoms with van der Waals surface area (Å²) in [4.78, 5) is 11.7. The Morgan fingerprint density at radius 3 is 2.04 bits per heavy atom. The molecule has 28 heavy (non-hydrogen) atoms. The summed E-state index contributed by atoms with van der Waals surface area (Å²) in [5.41, 5.74) is 1.05. The minimum absolute atomic E-state index is 0.0681. The third-order valence-corrected chi connectivity index (χ3v) is 5.62. The van der Waals surface area contributed by atoms with E-state index >= 15 is 0 Å². The van der Waals surface area contributed by atoms with E-state index in [9.17, 15) is 4.79 Å². The van der Waals surface area contributed by atoms with Crippen LogP contribution in [0.2, 0.25) is 0 Å². The summed E-state index contributed by atoms with van der Waals surface area (Å²) in [5.74, 6) is -0.0681. The number of ether oxygens (including phenoxy) is 2. The molecule has 3 nitrogen and oxygen atoms in total. The van der Waals surface area contributed by atoms with Crippen LogP contribution >= 0.6 is 0 Å². The van der Waals surface area contributed by atoms with Crippen molar-refractivity contribution in [2.24, 2.45) is 0 Å².